The van der Waals surface area contributed by atoms with Crippen LogP contribution in [0.2, 0.25) is 0 Å². The van der Waals surface area contributed by atoms with Gasteiger partial charge in [0.15, 0.2) is 5.82 Å². The number of rotatable bonds is 2. The molecule has 1 saturated heterocycles. The molecular formula is C13H19BrN4OS. The molecule has 1 aromatic rings. The summed E-state index contributed by atoms with van der Waals surface area (Å²) < 4.78 is 0.990. The molecule has 0 saturated carbocycles. The summed E-state index contributed by atoms with van der Waals surface area (Å²) in [4.78, 5) is 18.7. The molecule has 1 aromatic heterocycles. The van der Waals surface area contributed by atoms with Crippen molar-refractivity contribution in [3.05, 3.63) is 22.3 Å². The van der Waals surface area contributed by atoms with Crippen LogP contribution < -0.4 is 11.3 Å². The molecule has 0 unspecified atom stereocenters. The lowest BCUT2D eigenvalue weighted by molar-refractivity contribution is 0.0765. The molecule has 1 fully saturated rings. The molecular weight excluding hydrogens is 340 g/mol. The van der Waals surface area contributed by atoms with E-state index in [9.17, 15) is 4.79 Å². The Morgan fingerprint density at radius 1 is 1.55 bits per heavy atom. The number of anilines is 1. The number of thioether (sulfide) groups is 1. The van der Waals surface area contributed by atoms with Gasteiger partial charge in [0.25, 0.3) is 5.91 Å². The van der Waals surface area contributed by atoms with Gasteiger partial charge in [0.2, 0.25) is 0 Å². The zero-order valence-electron chi connectivity index (χ0n) is 11.6. The van der Waals surface area contributed by atoms with Gasteiger partial charge in [-0.1, -0.05) is 13.8 Å². The van der Waals surface area contributed by atoms with Crippen molar-refractivity contribution in [1.29, 1.82) is 0 Å². The zero-order chi connectivity index (χ0) is 14.8. The Kier molecular flexibility index (Phi) is 4.93. The van der Waals surface area contributed by atoms with E-state index in [1.807, 2.05) is 16.7 Å². The van der Waals surface area contributed by atoms with Crippen molar-refractivity contribution in [1.82, 2.24) is 9.88 Å². The molecule has 0 aliphatic carbocycles. The van der Waals surface area contributed by atoms with Gasteiger partial charge in [-0.3, -0.25) is 4.79 Å². The third-order valence-corrected chi connectivity index (χ3v) is 5.15. The first-order valence-electron chi connectivity index (χ1n) is 6.48. The smallest absolute Gasteiger partial charge is 0.257 e. The first kappa shape index (κ1) is 15.6. The van der Waals surface area contributed by atoms with E-state index in [2.05, 4.69) is 40.2 Å². The van der Waals surface area contributed by atoms with Gasteiger partial charge in [-0.05, 0) is 28.4 Å². The maximum absolute atomic E-state index is 12.7. The van der Waals surface area contributed by atoms with E-state index in [0.29, 0.717) is 11.4 Å². The Bertz CT molecular complexity index is 509. The van der Waals surface area contributed by atoms with Gasteiger partial charge in [0.1, 0.15) is 0 Å². The summed E-state index contributed by atoms with van der Waals surface area (Å²) in [7, 11) is 0. The number of nitrogen functional groups attached to an aromatic ring is 1. The molecule has 3 N–H and O–H groups in total. The van der Waals surface area contributed by atoms with Gasteiger partial charge in [0, 0.05) is 34.3 Å². The molecule has 0 radical (unpaired) electrons. The highest BCUT2D eigenvalue weighted by Crippen LogP contribution is 2.31. The summed E-state index contributed by atoms with van der Waals surface area (Å²) in [6.07, 6.45) is 2.60. The van der Waals surface area contributed by atoms with Crippen molar-refractivity contribution in [2.45, 2.75) is 25.0 Å². The van der Waals surface area contributed by atoms with Gasteiger partial charge in [-0.15, -0.1) is 0 Å². The molecule has 2 rings (SSSR count). The molecule has 2 heterocycles. The Morgan fingerprint density at radius 2 is 2.30 bits per heavy atom. The van der Waals surface area contributed by atoms with Gasteiger partial charge in [-0.2, -0.15) is 11.8 Å². The van der Waals surface area contributed by atoms with Crippen LogP contribution in [0.3, 0.4) is 0 Å². The van der Waals surface area contributed by atoms with E-state index in [1.54, 1.807) is 12.3 Å². The summed E-state index contributed by atoms with van der Waals surface area (Å²) in [5.74, 6) is 6.78. The number of hydrogen-bond donors (Lipinski definition) is 2. The highest BCUT2D eigenvalue weighted by Gasteiger charge is 2.27. The molecule has 0 bridgehead atoms. The number of pyridine rings is 1. The molecule has 110 valence electrons. The van der Waals surface area contributed by atoms with E-state index in [-0.39, 0.29) is 10.7 Å². The van der Waals surface area contributed by atoms with E-state index < -0.39 is 0 Å². The predicted octanol–water partition coefficient (Wildman–Crippen LogP) is 2.49. The minimum absolute atomic E-state index is 0.0231. The van der Waals surface area contributed by atoms with Gasteiger partial charge < -0.3 is 10.3 Å². The fourth-order valence-corrected chi connectivity index (χ4v) is 3.54. The first-order valence-corrected chi connectivity index (χ1v) is 8.26. The number of carbonyl (C=O) groups excluding carboxylic acids is 1. The second-order valence-corrected chi connectivity index (χ2v) is 8.06. The van der Waals surface area contributed by atoms with Crippen LogP contribution in [0.1, 0.15) is 30.6 Å². The Balaban J connectivity index is 2.21. The summed E-state index contributed by atoms with van der Waals surface area (Å²) in [5, 5.41) is 0. The second-order valence-electron chi connectivity index (χ2n) is 5.34. The summed E-state index contributed by atoms with van der Waals surface area (Å²) in [6.45, 7) is 5.96. The molecule has 1 aliphatic heterocycles. The van der Waals surface area contributed by atoms with Crippen LogP contribution in [0.15, 0.2) is 16.7 Å². The largest absolute Gasteiger partial charge is 0.338 e. The number of hydrazine groups is 1. The van der Waals surface area contributed by atoms with E-state index >= 15 is 0 Å². The fraction of sp³-hybridized carbons (Fsp3) is 0.538. The van der Waals surface area contributed by atoms with E-state index in [4.69, 9.17) is 5.84 Å². The number of nitrogens with one attached hydrogen (secondary N) is 1. The zero-order valence-corrected chi connectivity index (χ0v) is 14.1. The molecule has 5 nitrogen and oxygen atoms in total. The average Bonchev–Trinajstić information content (AvgIpc) is 2.59. The molecule has 0 atom stereocenters. The number of hydrogen-bond acceptors (Lipinski definition) is 5. The standard InChI is InChI=1S/C13H19BrN4OS/c1-13(2)3-4-18(5-6-20-13)12(19)10-7-9(14)8-16-11(10)17-15/h7-8H,3-6,15H2,1-2H3,(H,16,17). The van der Waals surface area contributed by atoms with Crippen molar-refractivity contribution in [2.24, 2.45) is 5.84 Å². The van der Waals surface area contributed by atoms with Crippen molar-refractivity contribution in [2.75, 3.05) is 24.3 Å². The van der Waals surface area contributed by atoms with Crippen LogP contribution in [-0.4, -0.2) is 39.4 Å². The highest BCUT2D eigenvalue weighted by molar-refractivity contribution is 9.10. The maximum Gasteiger partial charge on any atom is 0.257 e. The van der Waals surface area contributed by atoms with Crippen LogP contribution in [-0.2, 0) is 0 Å². The number of nitrogens with zero attached hydrogens (tertiary/aromatic N) is 2. The number of amides is 1. The van der Waals surface area contributed by atoms with Crippen LogP contribution in [0.5, 0.6) is 0 Å². The molecule has 1 aliphatic rings. The van der Waals surface area contributed by atoms with Crippen LogP contribution >= 0.6 is 27.7 Å². The average molecular weight is 359 g/mol. The minimum Gasteiger partial charge on any atom is -0.338 e. The quantitative estimate of drug-likeness (QED) is 0.627. The lowest BCUT2D eigenvalue weighted by Crippen LogP contribution is -2.34. The third kappa shape index (κ3) is 3.65. The van der Waals surface area contributed by atoms with Gasteiger partial charge in [-0.25, -0.2) is 10.8 Å². The van der Waals surface area contributed by atoms with Crippen molar-refractivity contribution < 1.29 is 4.79 Å². The minimum atomic E-state index is -0.0231. The van der Waals surface area contributed by atoms with E-state index in [0.717, 1.165) is 29.7 Å². The van der Waals surface area contributed by atoms with Crippen LogP contribution in [0, 0.1) is 0 Å². The SMILES string of the molecule is CC1(C)CCN(C(=O)c2cc(Br)cnc2NN)CCS1. The molecule has 0 spiro atoms. The van der Waals surface area contributed by atoms with Gasteiger partial charge >= 0.3 is 0 Å². The topological polar surface area (TPSA) is 71.2 Å². The van der Waals surface area contributed by atoms with Crippen molar-refractivity contribution in [3.8, 4) is 0 Å². The second kappa shape index (κ2) is 6.32. The first-order chi connectivity index (χ1) is 9.43. The fourth-order valence-electron chi connectivity index (χ4n) is 2.11. The Hall–Kier alpha value is -0.790. The molecule has 1 amide bonds. The molecule has 7 heteroatoms. The van der Waals surface area contributed by atoms with Crippen molar-refractivity contribution >= 4 is 39.4 Å². The van der Waals surface area contributed by atoms with Crippen LogP contribution in [0.4, 0.5) is 5.82 Å². The lowest BCUT2D eigenvalue weighted by Gasteiger charge is -2.23. The van der Waals surface area contributed by atoms with Crippen molar-refractivity contribution in [3.63, 3.8) is 0 Å². The predicted molar refractivity (Wildman–Crippen MR) is 86.8 cm³/mol. The summed E-state index contributed by atoms with van der Waals surface area (Å²) in [6, 6.07) is 1.76. The summed E-state index contributed by atoms with van der Waals surface area (Å²) in [5.41, 5.74) is 3.00. The van der Waals surface area contributed by atoms with Gasteiger partial charge in [0.05, 0.1) is 5.56 Å². The normalized spacial score (nSPS) is 18.5. The number of aromatic nitrogens is 1. The number of carbonyl (C=O) groups is 1. The summed E-state index contributed by atoms with van der Waals surface area (Å²) >= 11 is 5.26. The Morgan fingerprint density at radius 3 is 3.00 bits per heavy atom. The lowest BCUT2D eigenvalue weighted by atomic mass is 10.1. The Labute approximate surface area is 131 Å². The van der Waals surface area contributed by atoms with E-state index in [1.165, 1.54) is 0 Å². The number of nitrogens with two attached hydrogens (primary N) is 1. The highest BCUT2D eigenvalue weighted by atomic mass is 79.9. The monoisotopic (exact) mass is 358 g/mol. The number of halogens is 1. The molecule has 20 heavy (non-hydrogen) atoms. The molecule has 0 aromatic carbocycles. The van der Waals surface area contributed by atoms with Crippen LogP contribution in [0.25, 0.3) is 0 Å². The maximum atomic E-state index is 12.7. The third-order valence-electron chi connectivity index (χ3n) is 3.35.